The molecule has 118 valence electrons. The van der Waals surface area contributed by atoms with Crippen molar-refractivity contribution in [3.63, 3.8) is 0 Å². The molecule has 0 aliphatic carbocycles. The average Bonchev–Trinajstić information content (AvgIpc) is 2.53. The van der Waals surface area contributed by atoms with Gasteiger partial charge >= 0.3 is 0 Å². The maximum atomic E-state index is 12.3. The molecule has 0 unspecified atom stereocenters. The molecule has 6 heteroatoms. The monoisotopic (exact) mass is 437 g/mol. The van der Waals surface area contributed by atoms with E-state index in [4.69, 9.17) is 4.74 Å². The first-order valence-electron chi connectivity index (χ1n) is 7.07. The number of aryl methyl sites for hydroxylation is 1. The van der Waals surface area contributed by atoms with Crippen LogP contribution in [0, 0.1) is 0 Å². The fraction of sp³-hybridized carbons (Fsp3) is 0.176. The van der Waals surface area contributed by atoms with Gasteiger partial charge in [0, 0.05) is 22.1 Å². The fourth-order valence-electron chi connectivity index (χ4n) is 2.38. The molecule has 0 radical (unpaired) electrons. The Bertz CT molecular complexity index is 789. The first-order chi connectivity index (χ1) is 11.0. The van der Waals surface area contributed by atoms with E-state index in [0.717, 1.165) is 20.2 Å². The fourth-order valence-corrected chi connectivity index (χ4v) is 3.54. The van der Waals surface area contributed by atoms with E-state index in [-0.39, 0.29) is 18.3 Å². The molecule has 1 aliphatic rings. The highest BCUT2D eigenvalue weighted by atomic mass is 79.9. The minimum absolute atomic E-state index is 0.0139. The van der Waals surface area contributed by atoms with Gasteiger partial charge in [0.2, 0.25) is 5.91 Å². The van der Waals surface area contributed by atoms with Crippen LogP contribution in [0.15, 0.2) is 45.3 Å². The van der Waals surface area contributed by atoms with E-state index >= 15 is 0 Å². The summed E-state index contributed by atoms with van der Waals surface area (Å²) >= 11 is 6.77. The molecule has 1 heterocycles. The van der Waals surface area contributed by atoms with E-state index in [2.05, 4.69) is 37.2 Å². The van der Waals surface area contributed by atoms with Crippen molar-refractivity contribution in [2.45, 2.75) is 12.8 Å². The number of carbonyl (C=O) groups is 2. The van der Waals surface area contributed by atoms with Crippen LogP contribution >= 0.6 is 31.9 Å². The summed E-state index contributed by atoms with van der Waals surface area (Å²) in [5.74, 6) is 0.534. The molecule has 2 aromatic rings. The molecule has 0 atom stereocenters. The Morgan fingerprint density at radius 1 is 1.13 bits per heavy atom. The van der Waals surface area contributed by atoms with Crippen molar-refractivity contribution >= 4 is 49.2 Å². The van der Waals surface area contributed by atoms with Gasteiger partial charge in [-0.1, -0.05) is 15.9 Å². The number of Topliss-reactive ketones (excluding diaryl/α,β-unsaturated/α-hetero) is 1. The van der Waals surface area contributed by atoms with E-state index in [9.17, 15) is 9.59 Å². The smallest absolute Gasteiger partial charge is 0.224 e. The normalized spacial score (nSPS) is 13.2. The predicted octanol–water partition coefficient (Wildman–Crippen LogP) is 4.36. The molecular weight excluding hydrogens is 426 g/mol. The molecule has 0 bridgehead atoms. The maximum absolute atomic E-state index is 12.3. The molecule has 0 spiro atoms. The van der Waals surface area contributed by atoms with Gasteiger partial charge in [-0.15, -0.1) is 0 Å². The van der Waals surface area contributed by atoms with Crippen molar-refractivity contribution in [1.29, 1.82) is 0 Å². The number of carbonyl (C=O) groups excluding carboxylic acids is 2. The van der Waals surface area contributed by atoms with Gasteiger partial charge in [-0.25, -0.2) is 0 Å². The summed E-state index contributed by atoms with van der Waals surface area (Å²) in [5.41, 5.74) is 2.36. The van der Waals surface area contributed by atoms with Gasteiger partial charge in [0.1, 0.15) is 5.75 Å². The predicted molar refractivity (Wildman–Crippen MR) is 95.1 cm³/mol. The number of nitrogens with one attached hydrogen (secondary N) is 1. The van der Waals surface area contributed by atoms with Gasteiger partial charge in [0.05, 0.1) is 4.47 Å². The van der Waals surface area contributed by atoms with E-state index in [1.807, 2.05) is 18.2 Å². The molecule has 3 rings (SSSR count). The van der Waals surface area contributed by atoms with Crippen LogP contribution in [0.25, 0.3) is 0 Å². The van der Waals surface area contributed by atoms with Crippen LogP contribution in [0.3, 0.4) is 0 Å². The van der Waals surface area contributed by atoms with Crippen molar-refractivity contribution in [1.82, 2.24) is 0 Å². The molecule has 4 nitrogen and oxygen atoms in total. The quantitative estimate of drug-likeness (QED) is 0.721. The van der Waals surface area contributed by atoms with Gasteiger partial charge in [0.25, 0.3) is 0 Å². The van der Waals surface area contributed by atoms with E-state index in [0.29, 0.717) is 24.2 Å². The van der Waals surface area contributed by atoms with Crippen LogP contribution < -0.4 is 10.1 Å². The zero-order valence-electron chi connectivity index (χ0n) is 12.1. The number of anilines is 1. The van der Waals surface area contributed by atoms with Gasteiger partial charge < -0.3 is 10.1 Å². The second-order valence-corrected chi connectivity index (χ2v) is 6.98. The summed E-state index contributed by atoms with van der Waals surface area (Å²) in [6, 6.07) is 10.8. The van der Waals surface area contributed by atoms with Crippen LogP contribution in [0.2, 0.25) is 0 Å². The first kappa shape index (κ1) is 16.2. The lowest BCUT2D eigenvalue weighted by Crippen LogP contribution is -2.20. The number of hydrogen-bond donors (Lipinski definition) is 1. The molecule has 0 aromatic heterocycles. The molecule has 0 saturated heterocycles. The molecule has 2 aromatic carbocycles. The summed E-state index contributed by atoms with van der Waals surface area (Å²) in [5, 5.41) is 2.80. The average molecular weight is 439 g/mol. The SMILES string of the molecule is O=C1CCc2cc(C(=O)COc3ccc(Br)cc3Br)ccc2N1. The number of fused-ring (bicyclic) bond motifs is 1. The highest BCUT2D eigenvalue weighted by Crippen LogP contribution is 2.28. The van der Waals surface area contributed by atoms with Crippen molar-refractivity contribution in [3.05, 3.63) is 56.5 Å². The number of benzene rings is 2. The highest BCUT2D eigenvalue weighted by Gasteiger charge is 2.17. The lowest BCUT2D eigenvalue weighted by molar-refractivity contribution is -0.116. The number of ketones is 1. The second kappa shape index (κ2) is 6.84. The minimum Gasteiger partial charge on any atom is -0.484 e. The first-order valence-corrected chi connectivity index (χ1v) is 8.65. The molecule has 23 heavy (non-hydrogen) atoms. The minimum atomic E-state index is -0.0977. The Balaban J connectivity index is 1.70. The Morgan fingerprint density at radius 2 is 1.96 bits per heavy atom. The number of ether oxygens (including phenoxy) is 1. The summed E-state index contributed by atoms with van der Waals surface area (Å²) in [7, 11) is 0. The summed E-state index contributed by atoms with van der Waals surface area (Å²) < 4.78 is 7.30. The number of hydrogen-bond acceptors (Lipinski definition) is 3. The number of rotatable bonds is 4. The van der Waals surface area contributed by atoms with Gasteiger partial charge in [0.15, 0.2) is 12.4 Å². The lowest BCUT2D eigenvalue weighted by Gasteiger charge is -2.17. The standard InChI is InChI=1S/C17H13Br2NO3/c18-12-3-5-16(13(19)8-12)23-9-15(21)11-1-4-14-10(7-11)2-6-17(22)20-14/h1,3-5,7-8H,2,6,9H2,(H,20,22). The molecule has 1 aliphatic heterocycles. The third-order valence-electron chi connectivity index (χ3n) is 3.58. The van der Waals surface area contributed by atoms with Crippen molar-refractivity contribution in [2.75, 3.05) is 11.9 Å². The van der Waals surface area contributed by atoms with Crippen LogP contribution in [-0.4, -0.2) is 18.3 Å². The van der Waals surface area contributed by atoms with Gasteiger partial charge in [-0.05, 0) is 64.3 Å². The molecule has 0 saturated carbocycles. The van der Waals surface area contributed by atoms with Gasteiger partial charge in [-0.3, -0.25) is 9.59 Å². The molecule has 0 fully saturated rings. The second-order valence-electron chi connectivity index (χ2n) is 5.21. The third-order valence-corrected chi connectivity index (χ3v) is 4.69. The Morgan fingerprint density at radius 3 is 2.74 bits per heavy atom. The van der Waals surface area contributed by atoms with E-state index in [1.54, 1.807) is 18.2 Å². The maximum Gasteiger partial charge on any atom is 0.224 e. The Hall–Kier alpha value is -1.66. The van der Waals surface area contributed by atoms with E-state index in [1.165, 1.54) is 0 Å². The topological polar surface area (TPSA) is 55.4 Å². The largest absolute Gasteiger partial charge is 0.484 e. The van der Waals surface area contributed by atoms with Gasteiger partial charge in [-0.2, -0.15) is 0 Å². The summed E-state index contributed by atoms with van der Waals surface area (Å²) in [4.78, 5) is 23.7. The van der Waals surface area contributed by atoms with Crippen LogP contribution in [0.1, 0.15) is 22.3 Å². The van der Waals surface area contributed by atoms with Crippen molar-refractivity contribution in [3.8, 4) is 5.75 Å². The van der Waals surface area contributed by atoms with Crippen LogP contribution in [0.4, 0.5) is 5.69 Å². The molecule has 1 amide bonds. The van der Waals surface area contributed by atoms with E-state index < -0.39 is 0 Å². The molecule has 1 N–H and O–H groups in total. The third kappa shape index (κ3) is 3.82. The van der Waals surface area contributed by atoms with Crippen LogP contribution in [-0.2, 0) is 11.2 Å². The van der Waals surface area contributed by atoms with Crippen molar-refractivity contribution < 1.29 is 14.3 Å². The zero-order chi connectivity index (χ0) is 16.4. The van der Waals surface area contributed by atoms with Crippen LogP contribution in [0.5, 0.6) is 5.75 Å². The Labute approximate surface area is 150 Å². The summed E-state index contributed by atoms with van der Waals surface area (Å²) in [6.45, 7) is -0.0363. The zero-order valence-corrected chi connectivity index (χ0v) is 15.2. The number of amides is 1. The molecular formula is C17H13Br2NO3. The van der Waals surface area contributed by atoms with Crippen molar-refractivity contribution in [2.24, 2.45) is 0 Å². The Kier molecular flexibility index (Phi) is 4.82. The highest BCUT2D eigenvalue weighted by molar-refractivity contribution is 9.11. The summed E-state index contributed by atoms with van der Waals surface area (Å²) in [6.07, 6.45) is 1.11. The number of halogens is 2. The lowest BCUT2D eigenvalue weighted by atomic mass is 9.99.